The number of carbonyl (C=O) groups is 1. The number of unbranched alkanes of at least 4 members (excludes halogenated alkanes) is 1. The summed E-state index contributed by atoms with van der Waals surface area (Å²) < 4.78 is 5.07. The molecule has 0 aliphatic carbocycles. The molecule has 0 aromatic heterocycles. The highest BCUT2D eigenvalue weighted by Gasteiger charge is 2.25. The standard InChI is InChI=1S/C11H21NO3/c1-2-3-7-15-11(14)8-12-6-4-5-10(12)9-13/h10,13H,2-9H2,1H3/t10-/m0/s1. The maximum absolute atomic E-state index is 11.4. The lowest BCUT2D eigenvalue weighted by Gasteiger charge is -2.21. The van der Waals surface area contributed by atoms with Gasteiger partial charge in [-0.05, 0) is 25.8 Å². The molecule has 15 heavy (non-hydrogen) atoms. The molecule has 4 heteroatoms. The summed E-state index contributed by atoms with van der Waals surface area (Å²) in [5.74, 6) is -0.163. The van der Waals surface area contributed by atoms with Crippen LogP contribution >= 0.6 is 0 Å². The predicted octanol–water partition coefficient (Wildman–Crippen LogP) is 0.786. The van der Waals surface area contributed by atoms with Gasteiger partial charge in [-0.15, -0.1) is 0 Å². The lowest BCUT2D eigenvalue weighted by atomic mass is 10.2. The quantitative estimate of drug-likeness (QED) is 0.525. The van der Waals surface area contributed by atoms with E-state index in [1.807, 2.05) is 4.90 Å². The van der Waals surface area contributed by atoms with E-state index in [9.17, 15) is 4.79 Å². The van der Waals surface area contributed by atoms with Gasteiger partial charge in [0.05, 0.1) is 19.8 Å². The van der Waals surface area contributed by atoms with Gasteiger partial charge in [0.25, 0.3) is 0 Å². The highest BCUT2D eigenvalue weighted by Crippen LogP contribution is 2.15. The summed E-state index contributed by atoms with van der Waals surface area (Å²) >= 11 is 0. The van der Waals surface area contributed by atoms with Crippen LogP contribution in [-0.2, 0) is 9.53 Å². The van der Waals surface area contributed by atoms with Gasteiger partial charge in [0.1, 0.15) is 0 Å². The van der Waals surface area contributed by atoms with Crippen LogP contribution in [0.1, 0.15) is 32.6 Å². The Balaban J connectivity index is 2.19. The Kier molecular flexibility index (Phi) is 5.65. The predicted molar refractivity (Wildman–Crippen MR) is 57.5 cm³/mol. The Morgan fingerprint density at radius 1 is 1.60 bits per heavy atom. The van der Waals surface area contributed by atoms with Crippen molar-refractivity contribution in [2.24, 2.45) is 0 Å². The van der Waals surface area contributed by atoms with Crippen molar-refractivity contribution in [2.75, 3.05) is 26.3 Å². The second kappa shape index (κ2) is 6.80. The first kappa shape index (κ1) is 12.5. The molecule has 1 fully saturated rings. The number of aliphatic hydroxyl groups excluding tert-OH is 1. The summed E-state index contributed by atoms with van der Waals surface area (Å²) in [5, 5.41) is 9.07. The Morgan fingerprint density at radius 3 is 3.07 bits per heavy atom. The van der Waals surface area contributed by atoms with Crippen LogP contribution in [0.15, 0.2) is 0 Å². The number of rotatable bonds is 6. The molecule has 1 heterocycles. The molecule has 0 bridgehead atoms. The molecule has 0 amide bonds. The number of hydrogen-bond acceptors (Lipinski definition) is 4. The highest BCUT2D eigenvalue weighted by atomic mass is 16.5. The Bertz CT molecular complexity index is 196. The normalized spacial score (nSPS) is 21.9. The summed E-state index contributed by atoms with van der Waals surface area (Å²) in [4.78, 5) is 13.4. The minimum Gasteiger partial charge on any atom is -0.465 e. The zero-order valence-electron chi connectivity index (χ0n) is 9.45. The molecule has 1 atom stereocenters. The fourth-order valence-electron chi connectivity index (χ4n) is 1.85. The molecule has 88 valence electrons. The van der Waals surface area contributed by atoms with Gasteiger partial charge < -0.3 is 9.84 Å². The average molecular weight is 215 g/mol. The third-order valence-electron chi connectivity index (χ3n) is 2.80. The van der Waals surface area contributed by atoms with E-state index in [1.165, 1.54) is 0 Å². The molecule has 0 spiro atoms. The number of hydrogen-bond donors (Lipinski definition) is 1. The number of likely N-dealkylation sites (tertiary alicyclic amines) is 1. The summed E-state index contributed by atoms with van der Waals surface area (Å²) in [7, 11) is 0. The van der Waals surface area contributed by atoms with Crippen molar-refractivity contribution in [3.63, 3.8) is 0 Å². The van der Waals surface area contributed by atoms with Gasteiger partial charge in [-0.3, -0.25) is 9.69 Å². The van der Waals surface area contributed by atoms with Gasteiger partial charge in [-0.25, -0.2) is 0 Å². The van der Waals surface area contributed by atoms with Crippen LogP contribution in [0.3, 0.4) is 0 Å². The van der Waals surface area contributed by atoms with Gasteiger partial charge in [0.2, 0.25) is 0 Å². The highest BCUT2D eigenvalue weighted by molar-refractivity contribution is 5.71. The first-order valence-electron chi connectivity index (χ1n) is 5.78. The summed E-state index contributed by atoms with van der Waals surface area (Å²) in [6.45, 7) is 3.95. The van der Waals surface area contributed by atoms with Crippen molar-refractivity contribution in [3.05, 3.63) is 0 Å². The van der Waals surface area contributed by atoms with Gasteiger partial charge in [0, 0.05) is 6.04 Å². The first-order chi connectivity index (χ1) is 7.27. The van der Waals surface area contributed by atoms with E-state index in [0.29, 0.717) is 13.2 Å². The minimum absolute atomic E-state index is 0.141. The van der Waals surface area contributed by atoms with Crippen LogP contribution < -0.4 is 0 Å². The van der Waals surface area contributed by atoms with Crippen LogP contribution in [-0.4, -0.2) is 48.3 Å². The molecule has 4 nitrogen and oxygen atoms in total. The van der Waals surface area contributed by atoms with Crippen LogP contribution in [0, 0.1) is 0 Å². The third-order valence-corrected chi connectivity index (χ3v) is 2.80. The van der Waals surface area contributed by atoms with Gasteiger partial charge >= 0.3 is 5.97 Å². The number of aliphatic hydroxyl groups is 1. The van der Waals surface area contributed by atoms with E-state index in [0.717, 1.165) is 32.2 Å². The topological polar surface area (TPSA) is 49.8 Å². The maximum Gasteiger partial charge on any atom is 0.320 e. The SMILES string of the molecule is CCCCOC(=O)CN1CCC[C@H]1CO. The number of esters is 1. The average Bonchev–Trinajstić information content (AvgIpc) is 2.65. The monoisotopic (exact) mass is 215 g/mol. The zero-order valence-corrected chi connectivity index (χ0v) is 9.45. The zero-order chi connectivity index (χ0) is 11.1. The molecule has 1 aliphatic heterocycles. The van der Waals surface area contributed by atoms with Crippen LogP contribution in [0.2, 0.25) is 0 Å². The molecule has 1 N–H and O–H groups in total. The lowest BCUT2D eigenvalue weighted by molar-refractivity contribution is -0.145. The summed E-state index contributed by atoms with van der Waals surface area (Å²) in [6.07, 6.45) is 4.01. The van der Waals surface area contributed by atoms with Crippen molar-refractivity contribution in [2.45, 2.75) is 38.6 Å². The number of carbonyl (C=O) groups excluding carboxylic acids is 1. The van der Waals surface area contributed by atoms with Crippen LogP contribution in [0.5, 0.6) is 0 Å². The van der Waals surface area contributed by atoms with Crippen molar-refractivity contribution < 1.29 is 14.6 Å². The number of nitrogens with zero attached hydrogens (tertiary/aromatic N) is 1. The fraction of sp³-hybridized carbons (Fsp3) is 0.909. The largest absolute Gasteiger partial charge is 0.465 e. The van der Waals surface area contributed by atoms with Crippen molar-refractivity contribution in [3.8, 4) is 0 Å². The minimum atomic E-state index is -0.163. The molecule has 0 aromatic rings. The van der Waals surface area contributed by atoms with Crippen molar-refractivity contribution >= 4 is 5.97 Å². The van der Waals surface area contributed by atoms with E-state index in [-0.39, 0.29) is 18.6 Å². The van der Waals surface area contributed by atoms with E-state index >= 15 is 0 Å². The Labute approximate surface area is 91.2 Å². The molecular formula is C11H21NO3. The van der Waals surface area contributed by atoms with Gasteiger partial charge in [0.15, 0.2) is 0 Å². The van der Waals surface area contributed by atoms with Crippen molar-refractivity contribution in [1.29, 1.82) is 0 Å². The second-order valence-electron chi connectivity index (χ2n) is 4.02. The first-order valence-corrected chi connectivity index (χ1v) is 5.78. The molecular weight excluding hydrogens is 194 g/mol. The maximum atomic E-state index is 11.4. The van der Waals surface area contributed by atoms with Crippen molar-refractivity contribution in [1.82, 2.24) is 4.90 Å². The fourth-order valence-corrected chi connectivity index (χ4v) is 1.85. The molecule has 1 rings (SSSR count). The molecule has 0 aromatic carbocycles. The van der Waals surface area contributed by atoms with E-state index in [2.05, 4.69) is 6.92 Å². The van der Waals surface area contributed by atoms with Crippen LogP contribution in [0.25, 0.3) is 0 Å². The smallest absolute Gasteiger partial charge is 0.320 e. The van der Waals surface area contributed by atoms with E-state index < -0.39 is 0 Å². The second-order valence-corrected chi connectivity index (χ2v) is 4.02. The third kappa shape index (κ3) is 4.18. The summed E-state index contributed by atoms with van der Waals surface area (Å²) in [6, 6.07) is 0.156. The van der Waals surface area contributed by atoms with E-state index in [1.54, 1.807) is 0 Å². The molecule has 1 saturated heterocycles. The Morgan fingerprint density at radius 2 is 2.40 bits per heavy atom. The Hall–Kier alpha value is -0.610. The van der Waals surface area contributed by atoms with Gasteiger partial charge in [-0.2, -0.15) is 0 Å². The molecule has 0 saturated carbocycles. The van der Waals surface area contributed by atoms with Crippen LogP contribution in [0.4, 0.5) is 0 Å². The molecule has 1 aliphatic rings. The summed E-state index contributed by atoms with van der Waals surface area (Å²) in [5.41, 5.74) is 0. The van der Waals surface area contributed by atoms with E-state index in [4.69, 9.17) is 9.84 Å². The molecule has 0 unspecified atom stereocenters. The lowest BCUT2D eigenvalue weighted by Crippen LogP contribution is -2.37. The van der Waals surface area contributed by atoms with Gasteiger partial charge in [-0.1, -0.05) is 13.3 Å². The number of ether oxygens (including phenoxy) is 1. The molecule has 0 radical (unpaired) electrons.